The number of pyridine rings is 1. The number of fused-ring (bicyclic) bond motifs is 6. The second-order valence-electron chi connectivity index (χ2n) is 5.46. The number of rotatable bonds is 2. The third-order valence-corrected chi connectivity index (χ3v) is 4.21. The molecule has 2 aromatic carbocycles. The van der Waals surface area contributed by atoms with Crippen LogP contribution in [0.25, 0.3) is 27.3 Å². The highest BCUT2D eigenvalue weighted by atomic mass is 35.5. The molecule has 116 valence electrons. The van der Waals surface area contributed by atoms with E-state index >= 15 is 0 Å². The van der Waals surface area contributed by atoms with Gasteiger partial charge >= 0.3 is 5.97 Å². The molecule has 1 N–H and O–H groups in total. The molecule has 1 atom stereocenters. The molecule has 0 bridgehead atoms. The van der Waals surface area contributed by atoms with Crippen LogP contribution >= 0.6 is 12.4 Å². The number of aliphatic carboxylic acids is 1. The van der Waals surface area contributed by atoms with Crippen molar-refractivity contribution in [3.05, 3.63) is 60.4 Å². The van der Waals surface area contributed by atoms with Crippen LogP contribution in [0.2, 0.25) is 0 Å². The topological polar surface area (TPSA) is 54.6 Å². The molecule has 5 heteroatoms. The molecule has 2 aromatic heterocycles. The number of hydrogen-bond donors (Lipinski definition) is 1. The first-order valence-corrected chi connectivity index (χ1v) is 7.18. The standard InChI is InChI=1S/C18H14N2O2.ClH/c1-11(18(21)22)16-10-19-17-14-8-3-2-6-12(14)13-7-4-5-9-15(13)20(16)17;/h2-11H,1H3,(H,21,22);1H. The fourth-order valence-electron chi connectivity index (χ4n) is 3.05. The maximum absolute atomic E-state index is 11.4. The van der Waals surface area contributed by atoms with E-state index in [2.05, 4.69) is 17.1 Å². The van der Waals surface area contributed by atoms with Gasteiger partial charge in [0.05, 0.1) is 23.3 Å². The Balaban J connectivity index is 0.00000156. The Morgan fingerprint density at radius 3 is 2.35 bits per heavy atom. The second kappa shape index (κ2) is 5.56. The molecule has 0 saturated carbocycles. The summed E-state index contributed by atoms with van der Waals surface area (Å²) in [4.78, 5) is 15.9. The number of benzene rings is 2. The minimum atomic E-state index is -0.848. The molecule has 4 rings (SSSR count). The summed E-state index contributed by atoms with van der Waals surface area (Å²) in [6, 6.07) is 16.1. The molecule has 0 spiro atoms. The summed E-state index contributed by atoms with van der Waals surface area (Å²) in [5, 5.41) is 12.6. The maximum atomic E-state index is 11.4. The van der Waals surface area contributed by atoms with Gasteiger partial charge < -0.3 is 5.11 Å². The average molecular weight is 327 g/mol. The number of carboxylic acids is 1. The maximum Gasteiger partial charge on any atom is 0.312 e. The molecule has 0 radical (unpaired) electrons. The van der Waals surface area contributed by atoms with Crippen LogP contribution in [0.15, 0.2) is 54.7 Å². The van der Waals surface area contributed by atoms with Crippen molar-refractivity contribution >= 4 is 45.7 Å². The minimum Gasteiger partial charge on any atom is -0.481 e. The zero-order chi connectivity index (χ0) is 15.3. The van der Waals surface area contributed by atoms with Crippen molar-refractivity contribution < 1.29 is 9.90 Å². The van der Waals surface area contributed by atoms with Crippen molar-refractivity contribution in [3.8, 4) is 0 Å². The highest BCUT2D eigenvalue weighted by molar-refractivity contribution is 6.11. The smallest absolute Gasteiger partial charge is 0.312 e. The molecule has 0 amide bonds. The quantitative estimate of drug-likeness (QED) is 0.560. The van der Waals surface area contributed by atoms with Gasteiger partial charge in [-0.1, -0.05) is 42.5 Å². The van der Waals surface area contributed by atoms with Gasteiger partial charge in [-0.2, -0.15) is 0 Å². The van der Waals surface area contributed by atoms with Gasteiger partial charge in [0.2, 0.25) is 0 Å². The van der Waals surface area contributed by atoms with Crippen LogP contribution in [0.5, 0.6) is 0 Å². The number of hydrogen-bond acceptors (Lipinski definition) is 2. The van der Waals surface area contributed by atoms with Crippen molar-refractivity contribution in [2.45, 2.75) is 12.8 Å². The van der Waals surface area contributed by atoms with Crippen LogP contribution in [0.1, 0.15) is 18.5 Å². The van der Waals surface area contributed by atoms with Crippen LogP contribution in [0.4, 0.5) is 0 Å². The van der Waals surface area contributed by atoms with Gasteiger partial charge in [0.15, 0.2) is 0 Å². The molecule has 0 aliphatic carbocycles. The zero-order valence-corrected chi connectivity index (χ0v) is 13.2. The summed E-state index contributed by atoms with van der Waals surface area (Å²) in [6.07, 6.45) is 1.67. The van der Waals surface area contributed by atoms with E-state index < -0.39 is 11.9 Å². The molecule has 4 nitrogen and oxygen atoms in total. The van der Waals surface area contributed by atoms with Crippen LogP contribution in [0, 0.1) is 0 Å². The molecule has 1 unspecified atom stereocenters. The highest BCUT2D eigenvalue weighted by Crippen LogP contribution is 2.31. The summed E-state index contributed by atoms with van der Waals surface area (Å²) < 4.78 is 1.97. The van der Waals surface area contributed by atoms with E-state index in [0.717, 1.165) is 27.3 Å². The fourth-order valence-corrected chi connectivity index (χ4v) is 3.05. The SMILES string of the molecule is CC(C(=O)O)c1cnc2c3ccccc3c3ccccc3n12.Cl. The zero-order valence-electron chi connectivity index (χ0n) is 12.4. The van der Waals surface area contributed by atoms with E-state index in [0.29, 0.717) is 5.69 Å². The molecular formula is C18H15ClN2O2. The van der Waals surface area contributed by atoms with E-state index in [9.17, 15) is 9.90 Å². The number of imidazole rings is 1. The van der Waals surface area contributed by atoms with Crippen molar-refractivity contribution in [1.29, 1.82) is 0 Å². The Morgan fingerprint density at radius 2 is 1.65 bits per heavy atom. The van der Waals surface area contributed by atoms with Crippen molar-refractivity contribution in [2.24, 2.45) is 0 Å². The largest absolute Gasteiger partial charge is 0.481 e. The Hall–Kier alpha value is -2.59. The number of halogens is 1. The molecule has 4 aromatic rings. The Kier molecular flexibility index (Phi) is 3.70. The van der Waals surface area contributed by atoms with Gasteiger partial charge in [0, 0.05) is 10.8 Å². The third-order valence-electron chi connectivity index (χ3n) is 4.21. The second-order valence-corrected chi connectivity index (χ2v) is 5.46. The van der Waals surface area contributed by atoms with Gasteiger partial charge in [-0.05, 0) is 18.4 Å². The van der Waals surface area contributed by atoms with Gasteiger partial charge in [-0.15, -0.1) is 12.4 Å². The van der Waals surface area contributed by atoms with E-state index in [-0.39, 0.29) is 12.4 Å². The van der Waals surface area contributed by atoms with Crippen LogP contribution in [-0.4, -0.2) is 20.5 Å². The van der Waals surface area contributed by atoms with Crippen molar-refractivity contribution in [3.63, 3.8) is 0 Å². The molecule has 0 saturated heterocycles. The predicted octanol–water partition coefficient (Wildman–Crippen LogP) is 4.25. The number of carbonyl (C=O) groups is 1. The monoisotopic (exact) mass is 326 g/mol. The first-order valence-electron chi connectivity index (χ1n) is 7.18. The number of aromatic nitrogens is 2. The van der Waals surface area contributed by atoms with Crippen molar-refractivity contribution in [2.75, 3.05) is 0 Å². The normalized spacial score (nSPS) is 12.4. The number of para-hydroxylation sites is 1. The van der Waals surface area contributed by atoms with Gasteiger partial charge in [-0.25, -0.2) is 4.98 Å². The molecule has 0 aliphatic heterocycles. The first-order chi connectivity index (χ1) is 10.7. The van der Waals surface area contributed by atoms with E-state index in [1.54, 1.807) is 13.1 Å². The highest BCUT2D eigenvalue weighted by Gasteiger charge is 2.20. The van der Waals surface area contributed by atoms with E-state index in [1.165, 1.54) is 0 Å². The van der Waals surface area contributed by atoms with Crippen LogP contribution in [-0.2, 0) is 4.79 Å². The van der Waals surface area contributed by atoms with Crippen molar-refractivity contribution in [1.82, 2.24) is 9.38 Å². The summed E-state index contributed by atoms with van der Waals surface area (Å²) in [5.41, 5.74) is 2.48. The Morgan fingerprint density at radius 1 is 1.04 bits per heavy atom. The Bertz CT molecular complexity index is 1040. The summed E-state index contributed by atoms with van der Waals surface area (Å²) in [6.45, 7) is 1.69. The van der Waals surface area contributed by atoms with Crippen LogP contribution in [0.3, 0.4) is 0 Å². The van der Waals surface area contributed by atoms with E-state index in [1.807, 2.05) is 40.8 Å². The summed E-state index contributed by atoms with van der Waals surface area (Å²) in [5.74, 6) is -1.46. The summed E-state index contributed by atoms with van der Waals surface area (Å²) in [7, 11) is 0. The first kappa shape index (κ1) is 15.3. The fraction of sp³-hybridized carbons (Fsp3) is 0.111. The number of nitrogens with zero attached hydrogens (tertiary/aromatic N) is 2. The lowest BCUT2D eigenvalue weighted by Gasteiger charge is -2.12. The molecule has 0 fully saturated rings. The lowest BCUT2D eigenvalue weighted by atomic mass is 10.0. The molecule has 23 heavy (non-hydrogen) atoms. The van der Waals surface area contributed by atoms with Gasteiger partial charge in [0.25, 0.3) is 0 Å². The predicted molar refractivity (Wildman–Crippen MR) is 93.5 cm³/mol. The lowest BCUT2D eigenvalue weighted by molar-refractivity contribution is -0.138. The third kappa shape index (κ3) is 2.14. The average Bonchev–Trinajstić information content (AvgIpc) is 2.99. The summed E-state index contributed by atoms with van der Waals surface area (Å²) >= 11 is 0. The van der Waals surface area contributed by atoms with Gasteiger partial charge in [0.1, 0.15) is 5.65 Å². The van der Waals surface area contributed by atoms with Crippen LogP contribution < -0.4 is 0 Å². The van der Waals surface area contributed by atoms with E-state index in [4.69, 9.17) is 0 Å². The molecule has 0 aliphatic rings. The van der Waals surface area contributed by atoms with Gasteiger partial charge in [-0.3, -0.25) is 9.20 Å². The molecule has 2 heterocycles. The molecular weight excluding hydrogens is 312 g/mol. The lowest BCUT2D eigenvalue weighted by Crippen LogP contribution is -2.10. The minimum absolute atomic E-state index is 0. The Labute approximate surface area is 138 Å². The number of carboxylic acid groups (broad SMARTS) is 1.